The van der Waals surface area contributed by atoms with Crippen molar-refractivity contribution in [3.63, 3.8) is 0 Å². The zero-order valence-corrected chi connectivity index (χ0v) is 13.3. The fourth-order valence-electron chi connectivity index (χ4n) is 1.98. The molecule has 3 rings (SSSR count). The SMILES string of the molecule is Cc1nc(Cl)sc1S(=O)(=O)Nc1cccc2cccnc12. The van der Waals surface area contributed by atoms with E-state index in [9.17, 15) is 8.42 Å². The molecule has 0 amide bonds. The van der Waals surface area contributed by atoms with Crippen LogP contribution < -0.4 is 4.72 Å². The van der Waals surface area contributed by atoms with Crippen LogP contribution in [0.25, 0.3) is 10.9 Å². The summed E-state index contributed by atoms with van der Waals surface area (Å²) in [5, 5.41) is 0.858. The summed E-state index contributed by atoms with van der Waals surface area (Å²) in [5.41, 5.74) is 1.40. The van der Waals surface area contributed by atoms with Crippen LogP contribution in [0.4, 0.5) is 5.69 Å². The third-order valence-electron chi connectivity index (χ3n) is 2.85. The number of hydrogen-bond donors (Lipinski definition) is 1. The number of benzene rings is 1. The Labute approximate surface area is 130 Å². The third-order valence-corrected chi connectivity index (χ3v) is 6.09. The van der Waals surface area contributed by atoms with Crippen LogP contribution in [-0.4, -0.2) is 18.4 Å². The van der Waals surface area contributed by atoms with Gasteiger partial charge in [0.15, 0.2) is 8.68 Å². The summed E-state index contributed by atoms with van der Waals surface area (Å²) < 4.78 is 27.8. The van der Waals surface area contributed by atoms with Gasteiger partial charge in [0.25, 0.3) is 10.0 Å². The van der Waals surface area contributed by atoms with E-state index >= 15 is 0 Å². The Bertz CT molecular complexity index is 917. The second-order valence-electron chi connectivity index (χ2n) is 4.33. The average Bonchev–Trinajstić information content (AvgIpc) is 2.79. The molecule has 8 heteroatoms. The molecule has 2 heterocycles. The molecule has 3 aromatic rings. The highest BCUT2D eigenvalue weighted by molar-refractivity contribution is 7.94. The summed E-state index contributed by atoms with van der Waals surface area (Å²) in [6, 6.07) is 8.98. The van der Waals surface area contributed by atoms with Crippen LogP contribution >= 0.6 is 22.9 Å². The Kier molecular flexibility index (Phi) is 3.56. The minimum Gasteiger partial charge on any atom is -0.277 e. The Balaban J connectivity index is 2.08. The molecule has 5 nitrogen and oxygen atoms in total. The molecule has 0 aliphatic rings. The van der Waals surface area contributed by atoms with Gasteiger partial charge in [-0.25, -0.2) is 13.4 Å². The summed E-state index contributed by atoms with van der Waals surface area (Å²) in [6.07, 6.45) is 1.62. The van der Waals surface area contributed by atoms with Crippen molar-refractivity contribution in [2.24, 2.45) is 0 Å². The number of para-hydroxylation sites is 1. The average molecular weight is 340 g/mol. The first-order chi connectivity index (χ1) is 9.97. The summed E-state index contributed by atoms with van der Waals surface area (Å²) in [7, 11) is -3.73. The number of aromatic nitrogens is 2. The molecule has 1 N–H and O–H groups in total. The van der Waals surface area contributed by atoms with Crippen molar-refractivity contribution >= 4 is 49.6 Å². The Morgan fingerprint density at radius 3 is 2.71 bits per heavy atom. The largest absolute Gasteiger partial charge is 0.277 e. The molecule has 0 aliphatic heterocycles. The molecular formula is C13H10ClN3O2S2. The molecule has 108 valence electrons. The highest BCUT2D eigenvalue weighted by Gasteiger charge is 2.22. The quantitative estimate of drug-likeness (QED) is 0.793. The number of rotatable bonds is 3. The monoisotopic (exact) mass is 339 g/mol. The number of halogens is 1. The number of nitrogens with zero attached hydrogens (tertiary/aromatic N) is 2. The van der Waals surface area contributed by atoms with E-state index in [2.05, 4.69) is 14.7 Å². The lowest BCUT2D eigenvalue weighted by Gasteiger charge is -2.09. The van der Waals surface area contributed by atoms with Crippen molar-refractivity contribution in [3.05, 3.63) is 46.7 Å². The van der Waals surface area contributed by atoms with Gasteiger partial charge in [-0.1, -0.05) is 41.1 Å². The smallest absolute Gasteiger partial charge is 0.273 e. The first kappa shape index (κ1) is 14.2. The molecule has 0 unspecified atom stereocenters. The molecule has 2 aromatic heterocycles. The minimum absolute atomic E-state index is 0.112. The van der Waals surface area contributed by atoms with Gasteiger partial charge in [-0.15, -0.1) is 0 Å². The number of thiazole rings is 1. The van der Waals surface area contributed by atoms with Crippen molar-refractivity contribution in [1.29, 1.82) is 0 Å². The zero-order valence-electron chi connectivity index (χ0n) is 10.9. The summed E-state index contributed by atoms with van der Waals surface area (Å²) >= 11 is 6.70. The molecule has 0 aliphatic carbocycles. The summed E-state index contributed by atoms with van der Waals surface area (Å²) in [5.74, 6) is 0. The van der Waals surface area contributed by atoms with E-state index in [1.54, 1.807) is 31.3 Å². The maximum absolute atomic E-state index is 12.5. The molecule has 0 radical (unpaired) electrons. The molecule has 21 heavy (non-hydrogen) atoms. The van der Waals surface area contributed by atoms with E-state index in [4.69, 9.17) is 11.6 Å². The minimum atomic E-state index is -3.73. The lowest BCUT2D eigenvalue weighted by molar-refractivity contribution is 0.602. The number of anilines is 1. The Morgan fingerprint density at radius 2 is 2.00 bits per heavy atom. The maximum atomic E-state index is 12.5. The second-order valence-corrected chi connectivity index (χ2v) is 7.78. The second kappa shape index (κ2) is 5.25. The normalized spacial score (nSPS) is 11.7. The molecular weight excluding hydrogens is 330 g/mol. The van der Waals surface area contributed by atoms with Crippen LogP contribution in [0.15, 0.2) is 40.7 Å². The van der Waals surface area contributed by atoms with E-state index in [1.807, 2.05) is 12.1 Å². The van der Waals surface area contributed by atoms with Gasteiger partial charge in [0.2, 0.25) is 0 Å². The Hall–Kier alpha value is -1.70. The summed E-state index contributed by atoms with van der Waals surface area (Å²) in [6.45, 7) is 1.61. The number of nitrogens with one attached hydrogen (secondary N) is 1. The van der Waals surface area contributed by atoms with Gasteiger partial charge in [-0.2, -0.15) is 0 Å². The number of aryl methyl sites for hydroxylation is 1. The molecule has 1 aromatic carbocycles. The summed E-state index contributed by atoms with van der Waals surface area (Å²) in [4.78, 5) is 8.15. The lowest BCUT2D eigenvalue weighted by Crippen LogP contribution is -2.13. The van der Waals surface area contributed by atoms with Crippen LogP contribution in [0.1, 0.15) is 5.69 Å². The first-order valence-electron chi connectivity index (χ1n) is 5.97. The fraction of sp³-hybridized carbons (Fsp3) is 0.0769. The van der Waals surface area contributed by atoms with Crippen LogP contribution in [0.2, 0.25) is 4.47 Å². The van der Waals surface area contributed by atoms with E-state index in [0.29, 0.717) is 16.9 Å². The predicted octanol–water partition coefficient (Wildman–Crippen LogP) is 3.45. The number of fused-ring (bicyclic) bond motifs is 1. The predicted molar refractivity (Wildman–Crippen MR) is 84.4 cm³/mol. The molecule has 0 saturated heterocycles. The van der Waals surface area contributed by atoms with E-state index in [-0.39, 0.29) is 8.68 Å². The van der Waals surface area contributed by atoms with Crippen LogP contribution in [0.5, 0.6) is 0 Å². The number of pyridine rings is 1. The van der Waals surface area contributed by atoms with Crippen LogP contribution in [-0.2, 0) is 10.0 Å². The van der Waals surface area contributed by atoms with E-state index in [0.717, 1.165) is 16.7 Å². The number of sulfonamides is 1. The van der Waals surface area contributed by atoms with Gasteiger partial charge < -0.3 is 0 Å². The molecule has 0 saturated carbocycles. The van der Waals surface area contributed by atoms with Gasteiger partial charge in [-0.05, 0) is 19.1 Å². The van der Waals surface area contributed by atoms with Gasteiger partial charge in [0.1, 0.15) is 0 Å². The van der Waals surface area contributed by atoms with Crippen molar-refractivity contribution in [3.8, 4) is 0 Å². The van der Waals surface area contributed by atoms with Crippen LogP contribution in [0, 0.1) is 6.92 Å². The van der Waals surface area contributed by atoms with Crippen molar-refractivity contribution in [2.75, 3.05) is 4.72 Å². The van der Waals surface area contributed by atoms with Crippen molar-refractivity contribution in [1.82, 2.24) is 9.97 Å². The lowest BCUT2D eigenvalue weighted by atomic mass is 10.2. The Morgan fingerprint density at radius 1 is 1.24 bits per heavy atom. The fourth-order valence-corrected chi connectivity index (χ4v) is 4.78. The van der Waals surface area contributed by atoms with E-state index < -0.39 is 10.0 Å². The van der Waals surface area contributed by atoms with Crippen molar-refractivity contribution in [2.45, 2.75) is 11.1 Å². The molecule has 0 bridgehead atoms. The molecule has 0 atom stereocenters. The highest BCUT2D eigenvalue weighted by atomic mass is 35.5. The van der Waals surface area contributed by atoms with Gasteiger partial charge in [-0.3, -0.25) is 9.71 Å². The van der Waals surface area contributed by atoms with Gasteiger partial charge in [0.05, 0.1) is 16.9 Å². The maximum Gasteiger partial charge on any atom is 0.273 e. The number of hydrogen-bond acceptors (Lipinski definition) is 5. The van der Waals surface area contributed by atoms with E-state index in [1.165, 1.54) is 0 Å². The van der Waals surface area contributed by atoms with Crippen molar-refractivity contribution < 1.29 is 8.42 Å². The zero-order chi connectivity index (χ0) is 15.0. The van der Waals surface area contributed by atoms with Crippen LogP contribution in [0.3, 0.4) is 0 Å². The van der Waals surface area contributed by atoms with Gasteiger partial charge >= 0.3 is 0 Å². The third kappa shape index (κ3) is 2.72. The topological polar surface area (TPSA) is 72.0 Å². The molecule has 0 spiro atoms. The molecule has 0 fully saturated rings. The van der Waals surface area contributed by atoms with Gasteiger partial charge in [0, 0.05) is 11.6 Å². The standard InChI is InChI=1S/C13H10ClN3O2S2/c1-8-12(20-13(14)16-8)21(18,19)17-10-6-2-4-9-5-3-7-15-11(9)10/h2-7,17H,1H3. The first-order valence-corrected chi connectivity index (χ1v) is 8.64. The highest BCUT2D eigenvalue weighted by Crippen LogP contribution is 2.30.